The third kappa shape index (κ3) is 29.8. The number of imide groups is 1. The van der Waals surface area contributed by atoms with E-state index in [0.29, 0.717) is 187 Å². The molecule has 0 bridgehead atoms. The maximum Gasteiger partial charge on any atom is 0.260 e. The van der Waals surface area contributed by atoms with E-state index in [-0.39, 0.29) is 117 Å². The topological polar surface area (TPSA) is 348 Å². The first-order valence-corrected chi connectivity index (χ1v) is 46.9. The number of carbonyl (C=O) groups is 8. The number of nitrogens with one attached hydrogen (secondary N) is 4. The quantitative estimate of drug-likeness (QED) is 0.0236. The van der Waals surface area contributed by atoms with Crippen molar-refractivity contribution in [2.75, 3.05) is 158 Å². The minimum atomic E-state index is -0.947. The summed E-state index contributed by atoms with van der Waals surface area (Å²) in [7, 11) is 3.02. The Morgan fingerprint density at radius 2 is 0.992 bits per heavy atom. The lowest BCUT2D eigenvalue weighted by molar-refractivity contribution is -0.138. The second kappa shape index (κ2) is 52.4. The van der Waals surface area contributed by atoms with Gasteiger partial charge in [-0.15, -0.1) is 11.8 Å². The molecule has 11 rings (SSSR count). The predicted molar refractivity (Wildman–Crippen MR) is 488 cm³/mol. The predicted octanol–water partition coefficient (Wildman–Crippen LogP) is 13.3. The van der Waals surface area contributed by atoms with Crippen LogP contribution in [0.1, 0.15) is 208 Å². The van der Waals surface area contributed by atoms with Crippen molar-refractivity contribution in [1.82, 2.24) is 30.7 Å². The first-order valence-electron chi connectivity index (χ1n) is 46.0. The third-order valence-electron chi connectivity index (χ3n) is 24.0. The van der Waals surface area contributed by atoms with Crippen LogP contribution >= 0.6 is 11.8 Å². The molecule has 2 unspecified atom stereocenters. The Bertz CT molecular complexity index is 4410. The number of ether oxygens (including phenoxy) is 14. The van der Waals surface area contributed by atoms with Crippen molar-refractivity contribution >= 4 is 99.7 Å². The number of methoxy groups -OCH3 is 2. The fraction of sp³-hybridized carbons (Fsp3) is 0.604. The summed E-state index contributed by atoms with van der Waals surface area (Å²) in [4.78, 5) is 122. The van der Waals surface area contributed by atoms with Crippen LogP contribution in [-0.4, -0.2) is 262 Å². The zero-order valence-electron chi connectivity index (χ0n) is 75.7. The van der Waals surface area contributed by atoms with Crippen LogP contribution in [0.2, 0.25) is 0 Å². The van der Waals surface area contributed by atoms with Crippen molar-refractivity contribution in [3.8, 4) is 34.5 Å². The molecule has 4 aromatic carbocycles. The number of anilines is 1. The number of aliphatic imine (C=N–C) groups is 2. The van der Waals surface area contributed by atoms with E-state index in [9.17, 15) is 38.4 Å². The number of fused-ring (bicyclic) bond motifs is 5. The summed E-state index contributed by atoms with van der Waals surface area (Å²) in [5.74, 6) is 0.923. The van der Waals surface area contributed by atoms with E-state index < -0.39 is 29.1 Å². The first kappa shape index (κ1) is 99.1. The number of hydrogen-bond donors (Lipinski definition) is 4. The van der Waals surface area contributed by atoms with E-state index in [0.717, 1.165) is 41.5 Å². The minimum Gasteiger partial charge on any atom is -0.493 e. The lowest BCUT2D eigenvalue weighted by atomic mass is 9.83. The highest BCUT2D eigenvalue weighted by Crippen LogP contribution is 2.48. The number of carbonyl (C=O) groups excluding carboxylic acids is 8. The molecule has 1 saturated carbocycles. The molecule has 7 aliphatic rings. The molecule has 31 nitrogen and oxygen atoms in total. The van der Waals surface area contributed by atoms with Gasteiger partial charge in [-0.25, -0.2) is 0 Å². The Kier molecular flexibility index (Phi) is 40.5. The van der Waals surface area contributed by atoms with Crippen LogP contribution in [0.15, 0.2) is 89.1 Å². The molecule has 0 radical (unpaired) electrons. The van der Waals surface area contributed by atoms with Crippen LogP contribution in [0, 0.1) is 11.8 Å². The molecule has 6 heterocycles. The van der Waals surface area contributed by atoms with Gasteiger partial charge >= 0.3 is 0 Å². The van der Waals surface area contributed by atoms with Crippen molar-refractivity contribution in [3.63, 3.8) is 0 Å². The summed E-state index contributed by atoms with van der Waals surface area (Å²) in [5, 5.41) is 10.8. The molecule has 2 fully saturated rings. The van der Waals surface area contributed by atoms with Crippen LogP contribution in [0.5, 0.6) is 34.5 Å². The SMILES string of the molecule is CCC(CC)(CC1CCCCCCCCCCCCC1)SC1CC(=O)N(CCC(=O)NCCOCCOCCOCCOCCOCCOCCOCCOCCC(=O)N[C@H](C(=O)N[C@@H](C)C(=O)Nc2ccc(C3=CN4C(=O)c5cc(OC)c(OCCCOc6cc7c(cc6OC)C(=O)N6C=C(c8ccc9c(c8)OCO9)CC6C=N7)cc5N=C[C@@H]4C3)cc2)C(C)C)C1=O. The number of rotatable bonds is 52. The lowest BCUT2D eigenvalue weighted by Gasteiger charge is -2.36. The monoisotopic (exact) mass is 1800 g/mol. The number of thioether (sulfide) groups is 1. The molecule has 4 N–H and O–H groups in total. The number of nitrogens with zero attached hydrogens (tertiary/aromatic N) is 5. The van der Waals surface area contributed by atoms with E-state index in [4.69, 9.17) is 76.3 Å². The van der Waals surface area contributed by atoms with E-state index in [2.05, 4.69) is 35.1 Å². The molecule has 6 aliphatic heterocycles. The molecule has 1 saturated heterocycles. The number of hydrogen-bond acceptors (Lipinski definition) is 25. The standard InChI is InChI=1S/C96H133N9O22S/c1-8-96(9-2,60-68-22-19-17-15-13-11-10-12-14-16-18-20-23-68)128-86-59-89(108)103(95(86)113)33-30-87(106)97-32-37-117-39-41-119-43-45-121-47-49-123-51-50-122-48-46-120-44-42-118-40-38-116-36-31-88(107)102-90(66(3)4)92(110)100-67(5)91(109)101-73-27-24-69(25-28-73)71-52-74-61-98-78-57-84(81(114-6)55-76(78)93(111)104(74)63-71)124-34-21-35-125-85-58-79-77(56-82(85)115-7)94(112)105-64-72(53-75(105)62-99-79)70-26-29-80-83(54-70)127-65-126-80/h24-29,54-58,61-64,66-68,74-75,86,90H,8-23,30-53,59-60,65H2,1-7H3,(H,97,106)(H,100,110)(H,101,109)(H,102,107)/t67-,74-,75?,86?,90-/m0/s1. The van der Waals surface area contributed by atoms with E-state index in [1.165, 1.54) is 103 Å². The second-order valence-corrected chi connectivity index (χ2v) is 35.1. The minimum absolute atomic E-state index is 0.0108. The Hall–Kier alpha value is -9.51. The summed E-state index contributed by atoms with van der Waals surface area (Å²) in [6.07, 6.45) is 29.2. The first-order chi connectivity index (χ1) is 62.3. The van der Waals surface area contributed by atoms with Crippen LogP contribution in [0.4, 0.5) is 17.1 Å². The summed E-state index contributed by atoms with van der Waals surface area (Å²) in [6, 6.07) is 17.2. The molecule has 128 heavy (non-hydrogen) atoms. The average molecular weight is 1800 g/mol. The van der Waals surface area contributed by atoms with Gasteiger partial charge in [0.05, 0.1) is 173 Å². The highest BCUT2D eigenvalue weighted by molar-refractivity contribution is 8.02. The Morgan fingerprint density at radius 1 is 0.516 bits per heavy atom. The number of amides is 8. The molecular formula is C96H133N9O22S. The summed E-state index contributed by atoms with van der Waals surface area (Å²) >= 11 is 1.74. The smallest absolute Gasteiger partial charge is 0.260 e. The van der Waals surface area contributed by atoms with Crippen LogP contribution in [-0.2, 0) is 66.7 Å². The lowest BCUT2D eigenvalue weighted by Crippen LogP contribution is -2.53. The van der Waals surface area contributed by atoms with Gasteiger partial charge in [-0.3, -0.25) is 53.2 Å². The van der Waals surface area contributed by atoms with Gasteiger partial charge in [0.1, 0.15) is 12.1 Å². The largest absolute Gasteiger partial charge is 0.493 e. The van der Waals surface area contributed by atoms with Crippen LogP contribution < -0.4 is 49.7 Å². The van der Waals surface area contributed by atoms with E-state index >= 15 is 0 Å². The zero-order valence-corrected chi connectivity index (χ0v) is 76.5. The highest BCUT2D eigenvalue weighted by Gasteiger charge is 2.45. The fourth-order valence-electron chi connectivity index (χ4n) is 16.6. The van der Waals surface area contributed by atoms with Gasteiger partial charge in [-0.2, -0.15) is 0 Å². The second-order valence-electron chi connectivity index (χ2n) is 33.4. The highest BCUT2D eigenvalue weighted by atomic mass is 32.2. The molecule has 0 aromatic heterocycles. The zero-order chi connectivity index (χ0) is 90.4. The third-order valence-corrected chi connectivity index (χ3v) is 25.9. The number of benzene rings is 4. The van der Waals surface area contributed by atoms with Gasteiger partial charge in [0.25, 0.3) is 11.8 Å². The Labute approximate surface area is 757 Å². The summed E-state index contributed by atoms with van der Waals surface area (Å²) in [6.45, 7) is 16.3. The van der Waals surface area contributed by atoms with Crippen molar-refractivity contribution in [3.05, 3.63) is 101 Å². The normalized spacial score (nSPS) is 18.2. The molecular weight excluding hydrogens is 1660 g/mol. The number of likely N-dealkylation sites (tertiary alicyclic amines) is 1. The summed E-state index contributed by atoms with van der Waals surface area (Å²) in [5.41, 5.74) is 5.77. The van der Waals surface area contributed by atoms with Crippen molar-refractivity contribution in [1.29, 1.82) is 0 Å². The van der Waals surface area contributed by atoms with Crippen molar-refractivity contribution in [2.45, 2.75) is 210 Å². The fourth-order valence-corrected chi connectivity index (χ4v) is 18.3. The average Bonchev–Trinajstić information content (AvgIpc) is 1.62. The molecule has 5 atom stereocenters. The maximum atomic E-state index is 14.2. The van der Waals surface area contributed by atoms with E-state index in [1.807, 2.05) is 42.7 Å². The van der Waals surface area contributed by atoms with E-state index in [1.54, 1.807) is 91.2 Å². The van der Waals surface area contributed by atoms with Gasteiger partial charge < -0.3 is 97.4 Å². The molecule has 1 aliphatic carbocycles. The van der Waals surface area contributed by atoms with Crippen molar-refractivity contribution in [2.24, 2.45) is 21.8 Å². The van der Waals surface area contributed by atoms with Gasteiger partial charge in [0, 0.05) is 99.0 Å². The molecule has 4 aromatic rings. The summed E-state index contributed by atoms with van der Waals surface area (Å²) < 4.78 is 79.6. The van der Waals surface area contributed by atoms with Crippen LogP contribution in [0.3, 0.4) is 0 Å². The Balaban J connectivity index is 0.465. The molecule has 8 amide bonds. The van der Waals surface area contributed by atoms with Gasteiger partial charge in [-0.05, 0) is 96.7 Å². The Morgan fingerprint density at radius 3 is 1.49 bits per heavy atom. The van der Waals surface area contributed by atoms with Gasteiger partial charge in [0.15, 0.2) is 34.5 Å². The van der Waals surface area contributed by atoms with Crippen LogP contribution in [0.25, 0.3) is 11.1 Å². The molecule has 700 valence electrons. The maximum absolute atomic E-state index is 14.2. The van der Waals surface area contributed by atoms with Gasteiger partial charge in [0.2, 0.25) is 42.2 Å². The van der Waals surface area contributed by atoms with Gasteiger partial charge in [-0.1, -0.05) is 129 Å². The van der Waals surface area contributed by atoms with Crippen molar-refractivity contribution < 1.29 is 105 Å². The molecule has 0 spiro atoms. The molecule has 32 heteroatoms.